The molecule has 28 heavy (non-hydrogen) atoms. The number of nitrogens with one attached hydrogen (secondary N) is 2. The molecule has 2 N–H and O–H groups in total. The minimum atomic E-state index is -3.58. The second kappa shape index (κ2) is 8.87. The van der Waals surface area contributed by atoms with Crippen LogP contribution >= 0.6 is 0 Å². The number of morpholine rings is 1. The van der Waals surface area contributed by atoms with E-state index in [0.717, 1.165) is 38.4 Å². The fourth-order valence-electron chi connectivity index (χ4n) is 3.08. The molecule has 1 saturated heterocycles. The molecule has 1 aromatic heterocycles. The quantitative estimate of drug-likeness (QED) is 0.706. The largest absolute Gasteiger partial charge is 0.379 e. The number of nitrogens with zero attached hydrogens (tertiary/aromatic N) is 2. The fraction of sp³-hybridized carbons (Fsp3) is 0.421. The number of hydrogen-bond acceptors (Lipinski definition) is 5. The van der Waals surface area contributed by atoms with Crippen molar-refractivity contribution in [2.45, 2.75) is 18.0 Å². The number of carbonyl (C=O) groups is 1. The van der Waals surface area contributed by atoms with Crippen molar-refractivity contribution in [2.24, 2.45) is 7.05 Å². The van der Waals surface area contributed by atoms with Crippen LogP contribution < -0.4 is 10.0 Å². The summed E-state index contributed by atoms with van der Waals surface area (Å²) in [5, 5.41) is 2.84. The second-order valence-corrected chi connectivity index (χ2v) is 8.65. The molecule has 0 atom stereocenters. The van der Waals surface area contributed by atoms with Crippen LogP contribution in [0.4, 0.5) is 0 Å². The average molecular weight is 407 g/mol. The van der Waals surface area contributed by atoms with Crippen molar-refractivity contribution in [2.75, 3.05) is 33.4 Å². The van der Waals surface area contributed by atoms with Crippen LogP contribution in [0.3, 0.4) is 0 Å². The molecule has 3 rings (SSSR count). The molecule has 0 aliphatic carbocycles. The summed E-state index contributed by atoms with van der Waals surface area (Å²) in [7, 11) is -0.599. The van der Waals surface area contributed by atoms with Crippen molar-refractivity contribution in [3.05, 3.63) is 53.3 Å². The summed E-state index contributed by atoms with van der Waals surface area (Å²) in [4.78, 5) is 14.8. The molecule has 1 aliphatic heterocycles. The van der Waals surface area contributed by atoms with Crippen LogP contribution in [0.5, 0.6) is 0 Å². The maximum absolute atomic E-state index is 12.4. The third-order valence-electron chi connectivity index (χ3n) is 4.78. The molecule has 9 heteroatoms. The van der Waals surface area contributed by atoms with Gasteiger partial charge in [0.05, 0.1) is 13.2 Å². The Morgan fingerprint density at radius 1 is 1.14 bits per heavy atom. The monoisotopic (exact) mass is 406 g/mol. The van der Waals surface area contributed by atoms with Crippen molar-refractivity contribution in [1.29, 1.82) is 0 Å². The maximum atomic E-state index is 12.4. The van der Waals surface area contributed by atoms with E-state index in [1.165, 1.54) is 29.4 Å². The van der Waals surface area contributed by atoms with Crippen LogP contribution in [-0.2, 0) is 34.9 Å². The minimum Gasteiger partial charge on any atom is -0.379 e. The average Bonchev–Trinajstić information content (AvgIpc) is 3.11. The molecule has 0 radical (unpaired) electrons. The Hall–Kier alpha value is -2.20. The van der Waals surface area contributed by atoms with E-state index in [1.54, 1.807) is 7.05 Å². The number of aryl methyl sites for hydroxylation is 1. The highest BCUT2D eigenvalue weighted by molar-refractivity contribution is 7.89. The Kier molecular flexibility index (Phi) is 6.50. The number of benzene rings is 1. The summed E-state index contributed by atoms with van der Waals surface area (Å²) in [5.41, 5.74) is 2.50. The number of hydrogen-bond donors (Lipinski definition) is 2. The van der Waals surface area contributed by atoms with Gasteiger partial charge in [-0.3, -0.25) is 9.69 Å². The van der Waals surface area contributed by atoms with Gasteiger partial charge in [0.2, 0.25) is 10.0 Å². The highest BCUT2D eigenvalue weighted by Crippen LogP contribution is 2.14. The smallest absolute Gasteiger partial charge is 0.268 e. The fourth-order valence-corrected chi connectivity index (χ4v) is 3.88. The van der Waals surface area contributed by atoms with Crippen molar-refractivity contribution in [1.82, 2.24) is 19.5 Å². The van der Waals surface area contributed by atoms with Crippen molar-refractivity contribution < 1.29 is 17.9 Å². The summed E-state index contributed by atoms with van der Waals surface area (Å²) in [6.45, 7) is 4.71. The van der Waals surface area contributed by atoms with Gasteiger partial charge in [-0.2, -0.15) is 0 Å². The third-order valence-corrected chi connectivity index (χ3v) is 6.16. The van der Waals surface area contributed by atoms with E-state index in [9.17, 15) is 13.2 Å². The molecule has 1 aliphatic rings. The topological polar surface area (TPSA) is 92.7 Å². The van der Waals surface area contributed by atoms with Crippen molar-refractivity contribution in [3.8, 4) is 0 Å². The van der Waals surface area contributed by atoms with E-state index in [1.807, 2.05) is 12.1 Å². The van der Waals surface area contributed by atoms with Crippen LogP contribution in [0, 0.1) is 0 Å². The molecule has 0 spiro atoms. The maximum Gasteiger partial charge on any atom is 0.268 e. The molecular weight excluding hydrogens is 380 g/mol. The summed E-state index contributed by atoms with van der Waals surface area (Å²) < 4.78 is 32.9. The molecule has 0 saturated carbocycles. The van der Waals surface area contributed by atoms with E-state index in [4.69, 9.17) is 4.74 Å². The number of carbonyl (C=O) groups excluding carboxylic acids is 1. The zero-order valence-electron chi connectivity index (χ0n) is 16.1. The first-order valence-corrected chi connectivity index (χ1v) is 10.6. The van der Waals surface area contributed by atoms with E-state index < -0.39 is 10.0 Å². The number of rotatable bonds is 7. The lowest BCUT2D eigenvalue weighted by Gasteiger charge is -2.26. The van der Waals surface area contributed by atoms with E-state index >= 15 is 0 Å². The molecule has 8 nitrogen and oxygen atoms in total. The second-order valence-electron chi connectivity index (χ2n) is 6.77. The van der Waals surface area contributed by atoms with Crippen LogP contribution in [0.25, 0.3) is 0 Å². The SMILES string of the molecule is CNS(=O)(=O)c1cc(C(=O)NCc2ccc(CN3CCOCC3)cc2)n(C)c1. The Labute approximate surface area is 165 Å². The van der Waals surface area contributed by atoms with Gasteiger partial charge >= 0.3 is 0 Å². The molecule has 0 bridgehead atoms. The van der Waals surface area contributed by atoms with Gasteiger partial charge in [0.25, 0.3) is 5.91 Å². The molecular formula is C19H26N4O4S. The van der Waals surface area contributed by atoms with Crippen LogP contribution in [0.1, 0.15) is 21.6 Å². The summed E-state index contributed by atoms with van der Waals surface area (Å²) in [5.74, 6) is -0.322. The summed E-state index contributed by atoms with van der Waals surface area (Å²) in [6, 6.07) is 9.50. The Balaban J connectivity index is 1.57. The molecule has 152 valence electrons. The molecule has 1 fully saturated rings. The minimum absolute atomic E-state index is 0.0649. The first-order chi connectivity index (χ1) is 13.4. The van der Waals surface area contributed by atoms with Crippen LogP contribution in [0.15, 0.2) is 41.4 Å². The normalized spacial score (nSPS) is 15.5. The lowest BCUT2D eigenvalue weighted by Crippen LogP contribution is -2.35. The van der Waals surface area contributed by atoms with Gasteiger partial charge in [-0.1, -0.05) is 24.3 Å². The predicted octanol–water partition coefficient (Wildman–Crippen LogP) is 0.695. The predicted molar refractivity (Wildman–Crippen MR) is 105 cm³/mol. The Bertz CT molecular complexity index is 916. The lowest BCUT2D eigenvalue weighted by atomic mass is 10.1. The van der Waals surface area contributed by atoms with Gasteiger partial charge in [-0.05, 0) is 24.2 Å². The van der Waals surface area contributed by atoms with Gasteiger partial charge in [-0.25, -0.2) is 13.1 Å². The zero-order valence-corrected chi connectivity index (χ0v) is 17.0. The highest BCUT2D eigenvalue weighted by atomic mass is 32.2. The Morgan fingerprint density at radius 3 is 2.43 bits per heavy atom. The molecule has 2 aromatic rings. The van der Waals surface area contributed by atoms with Gasteiger partial charge < -0.3 is 14.6 Å². The standard InChI is InChI=1S/C19H26N4O4S/c1-20-28(25,26)17-11-18(22(2)14-17)19(24)21-12-15-3-5-16(6-4-15)13-23-7-9-27-10-8-23/h3-6,11,14,20H,7-10,12-13H2,1-2H3,(H,21,24). The number of amides is 1. The third kappa shape index (κ3) is 4.99. The van der Waals surface area contributed by atoms with Gasteiger partial charge in [0.1, 0.15) is 10.6 Å². The van der Waals surface area contributed by atoms with Crippen LogP contribution in [0.2, 0.25) is 0 Å². The first kappa shape index (κ1) is 20.5. The molecule has 1 amide bonds. The zero-order chi connectivity index (χ0) is 20.1. The Morgan fingerprint density at radius 2 is 1.79 bits per heavy atom. The van der Waals surface area contributed by atoms with Crippen LogP contribution in [-0.4, -0.2) is 57.1 Å². The molecule has 0 unspecified atom stereocenters. The van der Waals surface area contributed by atoms with Crippen molar-refractivity contribution >= 4 is 15.9 Å². The number of ether oxygens (including phenoxy) is 1. The van der Waals surface area contributed by atoms with Gasteiger partial charge in [-0.15, -0.1) is 0 Å². The summed E-state index contributed by atoms with van der Waals surface area (Å²) in [6.07, 6.45) is 1.42. The van der Waals surface area contributed by atoms with E-state index in [0.29, 0.717) is 6.54 Å². The molecule has 2 heterocycles. The number of aromatic nitrogens is 1. The summed E-state index contributed by atoms with van der Waals surface area (Å²) >= 11 is 0. The van der Waals surface area contributed by atoms with E-state index in [-0.39, 0.29) is 16.5 Å². The highest BCUT2D eigenvalue weighted by Gasteiger charge is 2.19. The first-order valence-electron chi connectivity index (χ1n) is 9.15. The van der Waals surface area contributed by atoms with Gasteiger partial charge in [0, 0.05) is 39.4 Å². The van der Waals surface area contributed by atoms with Gasteiger partial charge in [0.15, 0.2) is 0 Å². The molecule has 1 aromatic carbocycles. The number of sulfonamides is 1. The van der Waals surface area contributed by atoms with Crippen molar-refractivity contribution in [3.63, 3.8) is 0 Å². The van der Waals surface area contributed by atoms with E-state index in [2.05, 4.69) is 27.1 Å². The lowest BCUT2D eigenvalue weighted by molar-refractivity contribution is 0.0342.